The van der Waals surface area contributed by atoms with Crippen molar-refractivity contribution in [2.24, 2.45) is 0 Å². The molecule has 0 amide bonds. The molecule has 27 heavy (non-hydrogen) atoms. The van der Waals surface area contributed by atoms with Crippen LogP contribution in [0.25, 0.3) is 16.8 Å². The highest BCUT2D eigenvalue weighted by Gasteiger charge is 2.39. The molecule has 4 rings (SSSR count). The van der Waals surface area contributed by atoms with Crippen molar-refractivity contribution in [2.45, 2.75) is 18.8 Å². The van der Waals surface area contributed by atoms with Gasteiger partial charge in [-0.2, -0.15) is 8.78 Å². The number of benzene rings is 2. The standard InChI is InChI=1S/C22H19F2NO2/c1-26-19-12-15-10-11-25-21(17(15)13-20(19)27-2)22(23,24)18-9-5-7-14-6-3-4-8-16(14)18/h4-5,7-13H,3,6H2,1-2H3. The smallest absolute Gasteiger partial charge is 0.316 e. The van der Waals surface area contributed by atoms with Gasteiger partial charge in [0.1, 0.15) is 5.69 Å². The van der Waals surface area contributed by atoms with Gasteiger partial charge in [0, 0.05) is 17.1 Å². The van der Waals surface area contributed by atoms with E-state index in [1.165, 1.54) is 26.5 Å². The lowest BCUT2D eigenvalue weighted by Crippen LogP contribution is -2.20. The second-order valence-electron chi connectivity index (χ2n) is 6.48. The van der Waals surface area contributed by atoms with Crippen LogP contribution >= 0.6 is 0 Å². The molecule has 1 aliphatic carbocycles. The quantitative estimate of drug-likeness (QED) is 0.623. The van der Waals surface area contributed by atoms with Crippen LogP contribution < -0.4 is 9.47 Å². The lowest BCUT2D eigenvalue weighted by atomic mass is 9.88. The Kier molecular flexibility index (Phi) is 4.30. The molecule has 3 aromatic rings. The molecule has 1 heterocycles. The maximum atomic E-state index is 15.7. The Morgan fingerprint density at radius 2 is 1.81 bits per heavy atom. The molecule has 0 spiro atoms. The van der Waals surface area contributed by atoms with Crippen LogP contribution in [0.3, 0.4) is 0 Å². The lowest BCUT2D eigenvalue weighted by molar-refractivity contribution is 0.0395. The van der Waals surface area contributed by atoms with Crippen molar-refractivity contribution in [3.63, 3.8) is 0 Å². The Morgan fingerprint density at radius 1 is 1.04 bits per heavy atom. The molecule has 3 nitrogen and oxygen atoms in total. The number of aromatic nitrogens is 1. The fourth-order valence-corrected chi connectivity index (χ4v) is 3.62. The number of methoxy groups -OCH3 is 2. The molecule has 138 valence electrons. The molecule has 0 unspecified atom stereocenters. The van der Waals surface area contributed by atoms with E-state index >= 15 is 8.78 Å². The monoisotopic (exact) mass is 367 g/mol. The Balaban J connectivity index is 1.95. The highest BCUT2D eigenvalue weighted by molar-refractivity contribution is 5.89. The number of rotatable bonds is 4. The van der Waals surface area contributed by atoms with Crippen molar-refractivity contribution in [2.75, 3.05) is 14.2 Å². The van der Waals surface area contributed by atoms with Gasteiger partial charge in [-0.15, -0.1) is 0 Å². The number of ether oxygens (including phenoxy) is 2. The van der Waals surface area contributed by atoms with E-state index in [4.69, 9.17) is 9.47 Å². The number of alkyl halides is 2. The van der Waals surface area contributed by atoms with Gasteiger partial charge in [0.15, 0.2) is 11.5 Å². The predicted octanol–water partition coefficient (Wildman–Crippen LogP) is 5.35. The summed E-state index contributed by atoms with van der Waals surface area (Å²) in [4.78, 5) is 4.06. The molecule has 0 aliphatic heterocycles. The first-order chi connectivity index (χ1) is 13.1. The number of hydrogen-bond donors (Lipinski definition) is 0. The molecule has 0 saturated heterocycles. The minimum absolute atomic E-state index is 0.0225. The van der Waals surface area contributed by atoms with Crippen LogP contribution in [0.5, 0.6) is 11.5 Å². The first-order valence-corrected chi connectivity index (χ1v) is 8.74. The fraction of sp³-hybridized carbons (Fsp3) is 0.227. The number of pyridine rings is 1. The van der Waals surface area contributed by atoms with Crippen LogP contribution in [-0.4, -0.2) is 19.2 Å². The first kappa shape index (κ1) is 17.5. The minimum atomic E-state index is -3.24. The van der Waals surface area contributed by atoms with Gasteiger partial charge in [-0.05, 0) is 47.6 Å². The zero-order valence-electron chi connectivity index (χ0n) is 15.1. The zero-order chi connectivity index (χ0) is 19.0. The molecule has 0 fully saturated rings. The van der Waals surface area contributed by atoms with E-state index in [-0.39, 0.29) is 11.3 Å². The third kappa shape index (κ3) is 2.83. The van der Waals surface area contributed by atoms with Gasteiger partial charge < -0.3 is 9.47 Å². The van der Waals surface area contributed by atoms with Gasteiger partial charge in [0.25, 0.3) is 0 Å². The van der Waals surface area contributed by atoms with Crippen LogP contribution in [0.1, 0.15) is 28.8 Å². The van der Waals surface area contributed by atoms with Crippen LogP contribution in [0.15, 0.2) is 48.7 Å². The largest absolute Gasteiger partial charge is 0.493 e. The Labute approximate surface area is 156 Å². The van der Waals surface area contributed by atoms with Gasteiger partial charge in [-0.3, -0.25) is 4.98 Å². The molecular weight excluding hydrogens is 348 g/mol. The van der Waals surface area contributed by atoms with Gasteiger partial charge in [-0.1, -0.05) is 30.4 Å². The number of hydrogen-bond acceptors (Lipinski definition) is 3. The molecule has 5 heteroatoms. The van der Waals surface area contributed by atoms with Crippen LogP contribution in [-0.2, 0) is 12.3 Å². The van der Waals surface area contributed by atoms with E-state index in [2.05, 4.69) is 4.98 Å². The van der Waals surface area contributed by atoms with Gasteiger partial charge in [-0.25, -0.2) is 0 Å². The summed E-state index contributed by atoms with van der Waals surface area (Å²) in [5.74, 6) is -2.36. The molecular formula is C22H19F2NO2. The fourth-order valence-electron chi connectivity index (χ4n) is 3.62. The topological polar surface area (TPSA) is 31.4 Å². The van der Waals surface area contributed by atoms with Crippen molar-refractivity contribution in [1.82, 2.24) is 4.98 Å². The van der Waals surface area contributed by atoms with E-state index in [0.29, 0.717) is 27.8 Å². The summed E-state index contributed by atoms with van der Waals surface area (Å²) in [5, 5.41) is 0.968. The van der Waals surface area contributed by atoms with Crippen molar-refractivity contribution < 1.29 is 18.3 Å². The summed E-state index contributed by atoms with van der Waals surface area (Å²) in [7, 11) is 3.00. The maximum absolute atomic E-state index is 15.7. The Hall–Kier alpha value is -2.95. The summed E-state index contributed by atoms with van der Waals surface area (Å²) < 4.78 is 41.9. The highest BCUT2D eigenvalue weighted by atomic mass is 19.3. The zero-order valence-corrected chi connectivity index (χ0v) is 15.1. The van der Waals surface area contributed by atoms with E-state index in [0.717, 1.165) is 18.4 Å². The molecule has 0 N–H and O–H groups in total. The van der Waals surface area contributed by atoms with E-state index in [1.54, 1.807) is 30.3 Å². The SMILES string of the molecule is COc1cc2ccnc(C(F)(F)c3cccc4c3C=CCC4)c2cc1OC. The average molecular weight is 367 g/mol. The van der Waals surface area contributed by atoms with Gasteiger partial charge in [0.2, 0.25) is 0 Å². The third-order valence-corrected chi connectivity index (χ3v) is 4.97. The van der Waals surface area contributed by atoms with Crippen molar-refractivity contribution in [1.29, 1.82) is 0 Å². The van der Waals surface area contributed by atoms with Crippen molar-refractivity contribution >= 4 is 16.8 Å². The van der Waals surface area contributed by atoms with Gasteiger partial charge in [0.05, 0.1) is 14.2 Å². The summed E-state index contributed by atoms with van der Waals surface area (Å²) in [5.41, 5.74) is 1.22. The van der Waals surface area contributed by atoms with Crippen LogP contribution in [0.4, 0.5) is 8.78 Å². The molecule has 0 atom stereocenters. The molecule has 1 aliphatic rings. The normalized spacial score (nSPS) is 13.5. The summed E-state index contributed by atoms with van der Waals surface area (Å²) in [6, 6.07) is 10.0. The van der Waals surface area contributed by atoms with Crippen LogP contribution in [0, 0.1) is 0 Å². The summed E-state index contributed by atoms with van der Waals surface area (Å²) in [6.45, 7) is 0. The predicted molar refractivity (Wildman–Crippen MR) is 102 cm³/mol. The van der Waals surface area contributed by atoms with Crippen molar-refractivity contribution in [3.8, 4) is 11.5 Å². The molecule has 2 aromatic carbocycles. The summed E-state index contributed by atoms with van der Waals surface area (Å²) >= 11 is 0. The number of aryl methyl sites for hydroxylation is 1. The number of allylic oxidation sites excluding steroid dienone is 1. The number of fused-ring (bicyclic) bond motifs is 2. The average Bonchev–Trinajstić information content (AvgIpc) is 2.71. The third-order valence-electron chi connectivity index (χ3n) is 4.97. The van der Waals surface area contributed by atoms with Gasteiger partial charge >= 0.3 is 5.92 Å². The van der Waals surface area contributed by atoms with E-state index in [1.807, 2.05) is 12.1 Å². The van der Waals surface area contributed by atoms with E-state index < -0.39 is 5.92 Å². The number of nitrogens with zero attached hydrogens (tertiary/aromatic N) is 1. The Morgan fingerprint density at radius 3 is 2.59 bits per heavy atom. The summed E-state index contributed by atoms with van der Waals surface area (Å²) in [6.07, 6.45) is 6.77. The molecule has 1 aromatic heterocycles. The number of halogens is 2. The van der Waals surface area contributed by atoms with Crippen molar-refractivity contribution in [3.05, 3.63) is 71.1 Å². The molecule has 0 radical (unpaired) electrons. The minimum Gasteiger partial charge on any atom is -0.493 e. The maximum Gasteiger partial charge on any atom is 0.316 e. The van der Waals surface area contributed by atoms with E-state index in [9.17, 15) is 0 Å². The second-order valence-corrected chi connectivity index (χ2v) is 6.48. The molecule has 0 bridgehead atoms. The first-order valence-electron chi connectivity index (χ1n) is 8.74. The lowest BCUT2D eigenvalue weighted by Gasteiger charge is -2.23. The second kappa shape index (κ2) is 6.65. The Bertz CT molecular complexity index is 1040. The molecule has 0 saturated carbocycles. The highest BCUT2D eigenvalue weighted by Crippen LogP contribution is 2.43. The van der Waals surface area contributed by atoms with Crippen LogP contribution in [0.2, 0.25) is 0 Å².